The number of aromatic nitrogens is 1. The highest BCUT2D eigenvalue weighted by Crippen LogP contribution is 2.31. The van der Waals surface area contributed by atoms with Gasteiger partial charge in [-0.25, -0.2) is 16.8 Å². The molecule has 1 N–H and O–H groups in total. The lowest BCUT2D eigenvalue weighted by Gasteiger charge is -2.38. The number of hydrogen-bond donors (Lipinski definition) is 1. The Bertz CT molecular complexity index is 1510. The van der Waals surface area contributed by atoms with Gasteiger partial charge in [0.25, 0.3) is 5.56 Å². The summed E-state index contributed by atoms with van der Waals surface area (Å²) < 4.78 is 58.6. The number of sulfonamides is 2. The van der Waals surface area contributed by atoms with E-state index in [2.05, 4.69) is 9.62 Å². The topological polar surface area (TPSA) is 122 Å². The molecular formula is C22H28N4O6S2. The minimum atomic E-state index is -3.44. The molecule has 0 aliphatic carbocycles. The van der Waals surface area contributed by atoms with Gasteiger partial charge in [-0.05, 0) is 30.7 Å². The predicted molar refractivity (Wildman–Crippen MR) is 132 cm³/mol. The first kappa shape index (κ1) is 24.5. The summed E-state index contributed by atoms with van der Waals surface area (Å²) in [6, 6.07) is 8.60. The van der Waals surface area contributed by atoms with E-state index in [0.29, 0.717) is 59.7 Å². The molecule has 0 radical (unpaired) electrons. The van der Waals surface area contributed by atoms with Gasteiger partial charge in [0.15, 0.2) is 0 Å². The Labute approximate surface area is 198 Å². The van der Waals surface area contributed by atoms with Crippen molar-refractivity contribution >= 4 is 36.7 Å². The number of nitrogens with zero attached hydrogens (tertiary/aromatic N) is 3. The van der Waals surface area contributed by atoms with Crippen LogP contribution >= 0.6 is 0 Å². The molecule has 1 saturated heterocycles. The van der Waals surface area contributed by atoms with Gasteiger partial charge in [0.2, 0.25) is 20.0 Å². The van der Waals surface area contributed by atoms with Crippen LogP contribution in [-0.2, 0) is 33.6 Å². The van der Waals surface area contributed by atoms with Gasteiger partial charge in [-0.3, -0.25) is 14.4 Å². The summed E-state index contributed by atoms with van der Waals surface area (Å²) >= 11 is 0. The van der Waals surface area contributed by atoms with E-state index in [1.165, 1.54) is 15.1 Å². The van der Waals surface area contributed by atoms with Crippen molar-refractivity contribution in [1.82, 2.24) is 13.8 Å². The molecule has 1 atom stereocenters. The molecule has 4 rings (SSSR count). The van der Waals surface area contributed by atoms with E-state index in [1.807, 2.05) is 13.0 Å². The van der Waals surface area contributed by atoms with Crippen molar-refractivity contribution in [2.45, 2.75) is 19.5 Å². The van der Waals surface area contributed by atoms with Crippen LogP contribution in [0.2, 0.25) is 0 Å². The van der Waals surface area contributed by atoms with E-state index in [0.717, 1.165) is 6.26 Å². The fraction of sp³-hybridized carbons (Fsp3) is 0.409. The first-order valence-electron chi connectivity index (χ1n) is 10.7. The smallest absolute Gasteiger partial charge is 0.261 e. The summed E-state index contributed by atoms with van der Waals surface area (Å²) in [5, 5.41) is 0.430. The predicted octanol–water partition coefficient (Wildman–Crippen LogP) is 1.64. The average Bonchev–Trinajstić information content (AvgIpc) is 3.14. The van der Waals surface area contributed by atoms with Crippen LogP contribution < -0.4 is 10.3 Å². The minimum Gasteiger partial charge on any atom is -0.459 e. The summed E-state index contributed by atoms with van der Waals surface area (Å²) in [7, 11) is -5.02. The molecule has 1 aromatic carbocycles. The summed E-state index contributed by atoms with van der Waals surface area (Å²) in [6.45, 7) is 3.74. The number of rotatable bonds is 6. The number of anilines is 1. The third-order valence-corrected chi connectivity index (χ3v) is 7.81. The SMILES string of the molecule is C[C@@H]1CN(S(C)(=O)=O)CCN1Cc1cc2c(=O)n(C)cc(-c3cccc(NS(C)(=O)=O)c3)c2o1. The maximum atomic E-state index is 12.8. The fourth-order valence-corrected chi connectivity index (χ4v) is 5.70. The first-order valence-corrected chi connectivity index (χ1v) is 14.5. The number of piperazine rings is 1. The summed E-state index contributed by atoms with van der Waals surface area (Å²) in [5.41, 5.74) is 2.00. The highest BCUT2D eigenvalue weighted by atomic mass is 32.2. The van der Waals surface area contributed by atoms with E-state index >= 15 is 0 Å². The fourth-order valence-electron chi connectivity index (χ4n) is 4.25. The molecule has 2 aromatic heterocycles. The average molecular weight is 509 g/mol. The number of furan rings is 1. The van der Waals surface area contributed by atoms with Crippen LogP contribution in [-0.4, -0.2) is 68.8 Å². The number of hydrogen-bond acceptors (Lipinski definition) is 7. The maximum Gasteiger partial charge on any atom is 0.261 e. The van der Waals surface area contributed by atoms with Crippen LogP contribution in [0.3, 0.4) is 0 Å². The number of aryl methyl sites for hydroxylation is 1. The molecule has 1 aliphatic rings. The molecule has 0 unspecified atom stereocenters. The summed E-state index contributed by atoms with van der Waals surface area (Å²) in [5.74, 6) is 0.602. The minimum absolute atomic E-state index is 0.0160. The zero-order valence-corrected chi connectivity index (χ0v) is 21.1. The van der Waals surface area contributed by atoms with Crippen LogP contribution in [0.15, 0.2) is 45.7 Å². The molecular weight excluding hydrogens is 480 g/mol. The first-order chi connectivity index (χ1) is 15.8. The lowest BCUT2D eigenvalue weighted by atomic mass is 10.1. The molecule has 0 saturated carbocycles. The molecule has 3 heterocycles. The lowest BCUT2D eigenvalue weighted by molar-refractivity contribution is 0.115. The third-order valence-electron chi connectivity index (χ3n) is 5.93. The summed E-state index contributed by atoms with van der Waals surface area (Å²) in [4.78, 5) is 14.9. The Morgan fingerprint density at radius 1 is 1.12 bits per heavy atom. The van der Waals surface area contributed by atoms with E-state index in [4.69, 9.17) is 4.42 Å². The zero-order valence-electron chi connectivity index (χ0n) is 19.5. The van der Waals surface area contributed by atoms with Crippen LogP contribution in [0.4, 0.5) is 5.69 Å². The molecule has 10 nitrogen and oxygen atoms in total. The molecule has 34 heavy (non-hydrogen) atoms. The number of fused-ring (bicyclic) bond motifs is 1. The second-order valence-electron chi connectivity index (χ2n) is 8.81. The Hall–Kier alpha value is -2.67. The largest absolute Gasteiger partial charge is 0.459 e. The highest BCUT2D eigenvalue weighted by molar-refractivity contribution is 7.92. The standard InChI is InChI=1S/C22H28N4O6S2/c1-15-12-26(34(4,30)31)9-8-25(15)13-18-11-19-21(32-18)20(14-24(2)22(19)27)16-6-5-7-17(10-16)23-33(3,28)29/h5-7,10-11,14-15,23H,8-9,12-13H2,1-4H3/t15-/m1/s1. The van der Waals surface area contributed by atoms with E-state index in [-0.39, 0.29) is 11.6 Å². The second-order valence-corrected chi connectivity index (χ2v) is 12.5. The zero-order chi connectivity index (χ0) is 24.8. The third kappa shape index (κ3) is 5.19. The monoisotopic (exact) mass is 508 g/mol. The molecule has 1 fully saturated rings. The highest BCUT2D eigenvalue weighted by Gasteiger charge is 2.29. The Morgan fingerprint density at radius 3 is 2.50 bits per heavy atom. The van der Waals surface area contributed by atoms with Crippen molar-refractivity contribution in [2.75, 3.05) is 36.9 Å². The maximum absolute atomic E-state index is 12.8. The molecule has 3 aromatic rings. The van der Waals surface area contributed by atoms with Gasteiger partial charge >= 0.3 is 0 Å². The molecule has 12 heteroatoms. The van der Waals surface area contributed by atoms with Crippen LogP contribution in [0.25, 0.3) is 22.1 Å². The van der Waals surface area contributed by atoms with Gasteiger partial charge in [0.1, 0.15) is 11.3 Å². The van der Waals surface area contributed by atoms with E-state index < -0.39 is 20.0 Å². The van der Waals surface area contributed by atoms with E-state index in [9.17, 15) is 21.6 Å². The van der Waals surface area contributed by atoms with Gasteiger partial charge in [-0.15, -0.1) is 0 Å². The quantitative estimate of drug-likeness (QED) is 0.537. The van der Waals surface area contributed by atoms with Crippen LogP contribution in [0, 0.1) is 0 Å². The van der Waals surface area contributed by atoms with Crippen LogP contribution in [0.5, 0.6) is 0 Å². The van der Waals surface area contributed by atoms with Crippen molar-refractivity contribution < 1.29 is 21.3 Å². The van der Waals surface area contributed by atoms with Crippen LogP contribution in [0.1, 0.15) is 12.7 Å². The number of pyridine rings is 1. The number of nitrogens with one attached hydrogen (secondary N) is 1. The Balaban J connectivity index is 1.68. The van der Waals surface area contributed by atoms with Gasteiger partial charge in [-0.1, -0.05) is 12.1 Å². The van der Waals surface area contributed by atoms with Gasteiger partial charge < -0.3 is 8.98 Å². The van der Waals surface area contributed by atoms with Crippen molar-refractivity contribution in [1.29, 1.82) is 0 Å². The lowest BCUT2D eigenvalue weighted by Crippen LogP contribution is -2.52. The van der Waals surface area contributed by atoms with Crippen molar-refractivity contribution in [3.63, 3.8) is 0 Å². The van der Waals surface area contributed by atoms with Crippen molar-refractivity contribution in [2.24, 2.45) is 7.05 Å². The summed E-state index contributed by atoms with van der Waals surface area (Å²) in [6.07, 6.45) is 3.97. The van der Waals surface area contributed by atoms with Gasteiger partial charge in [0.05, 0.1) is 24.4 Å². The van der Waals surface area contributed by atoms with Gasteiger partial charge in [-0.2, -0.15) is 4.31 Å². The van der Waals surface area contributed by atoms with Crippen molar-refractivity contribution in [3.8, 4) is 11.1 Å². The second kappa shape index (κ2) is 8.84. The number of benzene rings is 1. The Morgan fingerprint density at radius 2 is 1.85 bits per heavy atom. The van der Waals surface area contributed by atoms with Gasteiger partial charge in [0, 0.05) is 50.2 Å². The molecule has 184 valence electrons. The Kier molecular flexibility index (Phi) is 6.36. The molecule has 0 spiro atoms. The van der Waals surface area contributed by atoms with Crippen molar-refractivity contribution in [3.05, 3.63) is 52.6 Å². The molecule has 0 bridgehead atoms. The van der Waals surface area contributed by atoms with E-state index in [1.54, 1.807) is 37.5 Å². The molecule has 0 amide bonds. The normalized spacial score (nSPS) is 18.4. The molecule has 1 aliphatic heterocycles.